The highest BCUT2D eigenvalue weighted by Gasteiger charge is 2.10. The maximum absolute atomic E-state index is 12.3. The number of methoxy groups -OCH3 is 1. The second-order valence-corrected chi connectivity index (χ2v) is 4.67. The van der Waals surface area contributed by atoms with Crippen LogP contribution in [0.1, 0.15) is 15.9 Å². The largest absolute Gasteiger partial charge is 0.497 e. The summed E-state index contributed by atoms with van der Waals surface area (Å²) < 4.78 is 10.0. The Balaban J connectivity index is 1.83. The SMILES string of the molecule is COc1ccc(CC(=O)c2ccc3[nH]c(=O)oc3c2)cc1. The smallest absolute Gasteiger partial charge is 0.417 e. The average Bonchev–Trinajstić information content (AvgIpc) is 2.87. The molecular formula is C16H13NO4. The fourth-order valence-corrected chi connectivity index (χ4v) is 2.15. The van der Waals surface area contributed by atoms with E-state index in [0.717, 1.165) is 11.3 Å². The van der Waals surface area contributed by atoms with E-state index in [1.165, 1.54) is 0 Å². The van der Waals surface area contributed by atoms with Gasteiger partial charge in [0.25, 0.3) is 0 Å². The summed E-state index contributed by atoms with van der Waals surface area (Å²) in [4.78, 5) is 25.9. The predicted molar refractivity (Wildman–Crippen MR) is 77.9 cm³/mol. The van der Waals surface area contributed by atoms with Crippen LogP contribution < -0.4 is 10.5 Å². The third-order valence-electron chi connectivity index (χ3n) is 3.27. The maximum atomic E-state index is 12.3. The Kier molecular flexibility index (Phi) is 3.31. The number of Topliss-reactive ketones (excluding diaryl/α,β-unsaturated/α-hetero) is 1. The number of ketones is 1. The van der Waals surface area contributed by atoms with E-state index in [4.69, 9.17) is 9.15 Å². The highest BCUT2D eigenvalue weighted by Crippen LogP contribution is 2.16. The number of hydrogen-bond donors (Lipinski definition) is 1. The molecule has 0 aliphatic heterocycles. The Morgan fingerprint density at radius 2 is 1.95 bits per heavy atom. The van der Waals surface area contributed by atoms with Crippen molar-refractivity contribution < 1.29 is 13.9 Å². The van der Waals surface area contributed by atoms with E-state index in [1.54, 1.807) is 25.3 Å². The minimum atomic E-state index is -0.523. The second kappa shape index (κ2) is 5.28. The molecule has 0 unspecified atom stereocenters. The Morgan fingerprint density at radius 3 is 2.67 bits per heavy atom. The van der Waals surface area contributed by atoms with Crippen molar-refractivity contribution in [2.45, 2.75) is 6.42 Å². The molecule has 0 saturated carbocycles. The molecule has 0 atom stereocenters. The van der Waals surface area contributed by atoms with Gasteiger partial charge in [-0.05, 0) is 35.9 Å². The zero-order chi connectivity index (χ0) is 14.8. The number of ether oxygens (including phenoxy) is 1. The molecule has 0 aliphatic carbocycles. The number of aromatic nitrogens is 1. The highest BCUT2D eigenvalue weighted by atomic mass is 16.5. The van der Waals surface area contributed by atoms with E-state index < -0.39 is 5.76 Å². The van der Waals surface area contributed by atoms with Gasteiger partial charge < -0.3 is 9.15 Å². The summed E-state index contributed by atoms with van der Waals surface area (Å²) >= 11 is 0. The minimum Gasteiger partial charge on any atom is -0.497 e. The molecule has 3 aromatic rings. The third kappa shape index (κ3) is 2.72. The Morgan fingerprint density at radius 1 is 1.19 bits per heavy atom. The van der Waals surface area contributed by atoms with Crippen molar-refractivity contribution in [3.63, 3.8) is 0 Å². The summed E-state index contributed by atoms with van der Waals surface area (Å²) in [6.07, 6.45) is 0.282. The van der Waals surface area contributed by atoms with E-state index in [2.05, 4.69) is 4.98 Å². The van der Waals surface area contributed by atoms with Gasteiger partial charge in [0.15, 0.2) is 11.4 Å². The molecule has 5 nitrogen and oxygen atoms in total. The molecule has 106 valence electrons. The molecule has 3 rings (SSSR count). The molecule has 0 spiro atoms. The van der Waals surface area contributed by atoms with Gasteiger partial charge in [-0.15, -0.1) is 0 Å². The molecule has 1 heterocycles. The first kappa shape index (κ1) is 13.2. The van der Waals surface area contributed by atoms with Crippen molar-refractivity contribution in [3.05, 3.63) is 64.1 Å². The lowest BCUT2D eigenvalue weighted by molar-refractivity contribution is 0.0993. The van der Waals surface area contributed by atoms with Crippen LogP contribution in [-0.2, 0) is 6.42 Å². The molecule has 21 heavy (non-hydrogen) atoms. The average molecular weight is 283 g/mol. The van der Waals surface area contributed by atoms with E-state index >= 15 is 0 Å². The van der Waals surface area contributed by atoms with Gasteiger partial charge >= 0.3 is 5.76 Å². The lowest BCUT2D eigenvalue weighted by atomic mass is 10.0. The zero-order valence-electron chi connectivity index (χ0n) is 11.4. The molecule has 0 bridgehead atoms. The molecular weight excluding hydrogens is 270 g/mol. The number of aromatic amines is 1. The van der Waals surface area contributed by atoms with Crippen molar-refractivity contribution in [3.8, 4) is 5.75 Å². The van der Waals surface area contributed by atoms with Gasteiger partial charge in [0.1, 0.15) is 5.75 Å². The van der Waals surface area contributed by atoms with Gasteiger partial charge in [0, 0.05) is 12.0 Å². The summed E-state index contributed by atoms with van der Waals surface area (Å²) in [6.45, 7) is 0. The topological polar surface area (TPSA) is 72.3 Å². The van der Waals surface area contributed by atoms with E-state index in [9.17, 15) is 9.59 Å². The quantitative estimate of drug-likeness (QED) is 0.747. The molecule has 1 N–H and O–H groups in total. The molecule has 0 fully saturated rings. The van der Waals surface area contributed by atoms with Gasteiger partial charge in [-0.1, -0.05) is 12.1 Å². The number of rotatable bonds is 4. The van der Waals surface area contributed by atoms with Crippen LogP contribution in [-0.4, -0.2) is 17.9 Å². The number of carbonyl (C=O) groups excluding carboxylic acids is 1. The van der Waals surface area contributed by atoms with Crippen molar-refractivity contribution in [2.24, 2.45) is 0 Å². The van der Waals surface area contributed by atoms with Gasteiger partial charge in [-0.3, -0.25) is 9.78 Å². The van der Waals surface area contributed by atoms with Crippen LogP contribution in [0.15, 0.2) is 51.7 Å². The van der Waals surface area contributed by atoms with Crippen molar-refractivity contribution in [2.75, 3.05) is 7.11 Å². The monoisotopic (exact) mass is 283 g/mol. The second-order valence-electron chi connectivity index (χ2n) is 4.67. The first-order valence-corrected chi connectivity index (χ1v) is 6.45. The standard InChI is InChI=1S/C16H13NO4/c1-20-12-5-2-10(3-6-12)8-14(18)11-4-7-13-15(9-11)21-16(19)17-13/h2-7,9H,8H2,1H3,(H,17,19). The van der Waals surface area contributed by atoms with Crippen molar-refractivity contribution in [1.82, 2.24) is 4.98 Å². The lowest BCUT2D eigenvalue weighted by Gasteiger charge is -2.03. The number of benzene rings is 2. The fraction of sp³-hybridized carbons (Fsp3) is 0.125. The van der Waals surface area contributed by atoms with Crippen LogP contribution in [0.25, 0.3) is 11.1 Å². The number of carbonyl (C=O) groups is 1. The number of fused-ring (bicyclic) bond motifs is 1. The first-order valence-electron chi connectivity index (χ1n) is 6.45. The normalized spacial score (nSPS) is 10.7. The molecule has 0 saturated heterocycles. The molecule has 1 aromatic heterocycles. The Labute approximate surface area is 120 Å². The van der Waals surface area contributed by atoms with E-state index in [1.807, 2.05) is 24.3 Å². The summed E-state index contributed by atoms with van der Waals surface area (Å²) in [5.41, 5.74) is 2.39. The molecule has 5 heteroatoms. The molecule has 0 amide bonds. The maximum Gasteiger partial charge on any atom is 0.417 e. The summed E-state index contributed by atoms with van der Waals surface area (Å²) in [5, 5.41) is 0. The van der Waals surface area contributed by atoms with Crippen LogP contribution >= 0.6 is 0 Å². The lowest BCUT2D eigenvalue weighted by Crippen LogP contribution is -2.03. The molecule has 0 radical (unpaired) electrons. The number of oxazole rings is 1. The fourth-order valence-electron chi connectivity index (χ4n) is 2.15. The Bertz CT molecular complexity index is 843. The van der Waals surface area contributed by atoms with Crippen LogP contribution in [0.2, 0.25) is 0 Å². The minimum absolute atomic E-state index is 0.0362. The van der Waals surface area contributed by atoms with E-state index in [-0.39, 0.29) is 12.2 Å². The van der Waals surface area contributed by atoms with E-state index in [0.29, 0.717) is 16.7 Å². The summed E-state index contributed by atoms with van der Waals surface area (Å²) in [5.74, 6) is 0.192. The van der Waals surface area contributed by atoms with Crippen molar-refractivity contribution >= 4 is 16.9 Å². The summed E-state index contributed by atoms with van der Waals surface area (Å²) in [6, 6.07) is 12.3. The first-order chi connectivity index (χ1) is 10.2. The Hall–Kier alpha value is -2.82. The van der Waals surface area contributed by atoms with Crippen LogP contribution in [0.3, 0.4) is 0 Å². The van der Waals surface area contributed by atoms with Gasteiger partial charge in [-0.25, -0.2) is 4.79 Å². The zero-order valence-corrected chi connectivity index (χ0v) is 11.4. The molecule has 0 aliphatic rings. The highest BCUT2D eigenvalue weighted by molar-refractivity contribution is 5.99. The number of H-pyrrole nitrogens is 1. The van der Waals surface area contributed by atoms with Gasteiger partial charge in [0.05, 0.1) is 12.6 Å². The predicted octanol–water partition coefficient (Wildman–Crippen LogP) is 2.56. The molecule has 2 aromatic carbocycles. The third-order valence-corrected chi connectivity index (χ3v) is 3.27. The van der Waals surface area contributed by atoms with Crippen LogP contribution in [0, 0.1) is 0 Å². The van der Waals surface area contributed by atoms with Crippen LogP contribution in [0.4, 0.5) is 0 Å². The van der Waals surface area contributed by atoms with Gasteiger partial charge in [-0.2, -0.15) is 0 Å². The van der Waals surface area contributed by atoms with Crippen molar-refractivity contribution in [1.29, 1.82) is 0 Å². The number of hydrogen-bond acceptors (Lipinski definition) is 4. The van der Waals surface area contributed by atoms with Gasteiger partial charge in [0.2, 0.25) is 0 Å². The van der Waals surface area contributed by atoms with Crippen LogP contribution in [0.5, 0.6) is 5.75 Å². The summed E-state index contributed by atoms with van der Waals surface area (Å²) in [7, 11) is 1.60. The number of nitrogens with one attached hydrogen (secondary N) is 1.